The molecule has 0 N–H and O–H groups in total. The van der Waals surface area contributed by atoms with E-state index in [4.69, 9.17) is 5.48 Å². The quantitative estimate of drug-likeness (QED) is 0.426. The predicted octanol–water partition coefficient (Wildman–Crippen LogP) is 2.34. The molecule has 1 aliphatic carbocycles. The lowest BCUT2D eigenvalue weighted by molar-refractivity contribution is 0.504. The van der Waals surface area contributed by atoms with E-state index in [1.54, 1.807) is 0 Å². The molecule has 0 aromatic heterocycles. The van der Waals surface area contributed by atoms with Gasteiger partial charge in [-0.25, -0.2) is 0 Å². The van der Waals surface area contributed by atoms with Crippen LogP contribution in [-0.2, 0) is 0 Å². The summed E-state index contributed by atoms with van der Waals surface area (Å²) in [7, 11) is 0. The van der Waals surface area contributed by atoms with Crippen LogP contribution in [0.5, 0.6) is 0 Å². The Labute approximate surface area is 45.2 Å². The van der Waals surface area contributed by atoms with Crippen molar-refractivity contribution in [2.24, 2.45) is 0 Å². The summed E-state index contributed by atoms with van der Waals surface area (Å²) in [4.78, 5) is 0. The first-order chi connectivity index (χ1) is 4.55. The summed E-state index contributed by atoms with van der Waals surface area (Å²) in [5.74, 6) is 0. The molecule has 1 fully saturated rings. The van der Waals surface area contributed by atoms with Crippen LogP contribution in [0, 0.1) is 0 Å². The molecule has 1 aliphatic rings. The minimum absolute atomic E-state index is 0.613. The lowest BCUT2D eigenvalue weighted by Crippen LogP contribution is -1.85. The van der Waals surface area contributed by atoms with E-state index >= 15 is 0 Å². The van der Waals surface area contributed by atoms with Gasteiger partial charge in [0.05, 0.1) is 0 Å². The van der Waals surface area contributed by atoms with Crippen molar-refractivity contribution in [1.29, 1.82) is 0 Å². The molecule has 2 unspecified atom stereocenters. The maximum absolute atomic E-state index is 7.33. The Hall–Kier alpha value is 0. The van der Waals surface area contributed by atoms with Crippen molar-refractivity contribution < 1.29 is 5.48 Å². The molecule has 0 saturated heterocycles. The first-order valence-electron chi connectivity index (χ1n) is 4.55. The van der Waals surface area contributed by atoms with E-state index in [-0.39, 0.29) is 0 Å². The zero-order valence-electron chi connectivity index (χ0n) is 7.78. The molecule has 0 bridgehead atoms. The van der Waals surface area contributed by atoms with E-state index in [0.717, 1.165) is 6.42 Å². The number of rotatable bonds is 0. The lowest BCUT2D eigenvalue weighted by atomic mass is 10.0. The normalized spacial score (nSPS) is 66.7. The van der Waals surface area contributed by atoms with Crippen molar-refractivity contribution in [3.63, 3.8) is 0 Å². The molecule has 6 heavy (non-hydrogen) atoms. The van der Waals surface area contributed by atoms with Gasteiger partial charge in [-0.1, -0.05) is 38.4 Å². The van der Waals surface area contributed by atoms with Crippen molar-refractivity contribution in [2.75, 3.05) is 0 Å². The zero-order chi connectivity index (χ0) is 7.78. The van der Waals surface area contributed by atoms with Gasteiger partial charge in [-0.3, -0.25) is 0 Å². The molecular weight excluding hydrogens is 72.1 g/mol. The highest BCUT2D eigenvalue weighted by Crippen LogP contribution is 2.15. The standard InChI is InChI=1S/C6H12/c1-2-4-6-5-3-1/h1-6H2/i1D,2D2,4D. The molecule has 2 atom stereocenters. The van der Waals surface area contributed by atoms with Crippen molar-refractivity contribution in [2.45, 2.75) is 38.4 Å². The molecule has 0 amide bonds. The zero-order valence-corrected chi connectivity index (χ0v) is 3.78. The highest BCUT2D eigenvalue weighted by Gasteiger charge is 1.95. The maximum atomic E-state index is 7.33. The fraction of sp³-hybridized carbons (Fsp3) is 1.00. The summed E-state index contributed by atoms with van der Waals surface area (Å²) in [6.45, 7) is 0. The van der Waals surface area contributed by atoms with E-state index in [0.29, 0.717) is 12.8 Å². The predicted molar refractivity (Wildman–Crippen MR) is 27.7 cm³/mol. The number of hydrogen-bond acceptors (Lipinski definition) is 0. The van der Waals surface area contributed by atoms with Gasteiger partial charge in [0.25, 0.3) is 0 Å². The molecule has 0 heterocycles. The van der Waals surface area contributed by atoms with Crippen LogP contribution in [0.3, 0.4) is 0 Å². The first kappa shape index (κ1) is 1.50. The third-order valence-corrected chi connectivity index (χ3v) is 0.933. The van der Waals surface area contributed by atoms with Crippen LogP contribution in [0.1, 0.15) is 43.9 Å². The summed E-state index contributed by atoms with van der Waals surface area (Å²) in [5, 5.41) is 0. The fourth-order valence-corrected chi connectivity index (χ4v) is 0.572. The van der Waals surface area contributed by atoms with Crippen LogP contribution in [0.4, 0.5) is 0 Å². The van der Waals surface area contributed by atoms with Crippen molar-refractivity contribution >= 4 is 0 Å². The van der Waals surface area contributed by atoms with Crippen LogP contribution in [-0.4, -0.2) is 0 Å². The molecule has 0 aromatic carbocycles. The summed E-state index contributed by atoms with van der Waals surface area (Å²) < 4.78 is 29.3. The summed E-state index contributed by atoms with van der Waals surface area (Å²) in [6.07, 6.45) is -0.863. The van der Waals surface area contributed by atoms with E-state index in [2.05, 4.69) is 0 Å². The smallest absolute Gasteiger partial charge is 0.0267 e. The second-order valence-corrected chi connectivity index (χ2v) is 1.51. The topological polar surface area (TPSA) is 0 Å². The Bertz CT molecular complexity index is 111. The third-order valence-electron chi connectivity index (χ3n) is 0.933. The summed E-state index contributed by atoms with van der Waals surface area (Å²) in [5.41, 5.74) is 0. The van der Waals surface area contributed by atoms with Crippen molar-refractivity contribution in [3.8, 4) is 0 Å². The Morgan fingerprint density at radius 3 is 2.17 bits per heavy atom. The van der Waals surface area contributed by atoms with E-state index < -0.39 is 19.2 Å². The van der Waals surface area contributed by atoms with Crippen LogP contribution < -0.4 is 0 Å². The van der Waals surface area contributed by atoms with Crippen molar-refractivity contribution in [1.82, 2.24) is 0 Å². The second-order valence-electron chi connectivity index (χ2n) is 1.51. The van der Waals surface area contributed by atoms with Crippen LogP contribution in [0.2, 0.25) is 0 Å². The average Bonchev–Trinajstić information content (AvgIpc) is 1.84. The second kappa shape index (κ2) is 2.22. The summed E-state index contributed by atoms with van der Waals surface area (Å²) in [6, 6.07) is 0. The molecule has 0 nitrogen and oxygen atoms in total. The fourth-order valence-electron chi connectivity index (χ4n) is 0.572. The van der Waals surface area contributed by atoms with Gasteiger partial charge in [0, 0.05) is 5.48 Å². The Balaban J connectivity index is 2.63. The van der Waals surface area contributed by atoms with Crippen LogP contribution >= 0.6 is 0 Å². The highest BCUT2D eigenvalue weighted by molar-refractivity contribution is 4.51. The number of hydrogen-bond donors (Lipinski definition) is 0. The van der Waals surface area contributed by atoms with Gasteiger partial charge in [-0.15, -0.1) is 0 Å². The minimum atomic E-state index is -1.57. The van der Waals surface area contributed by atoms with Crippen LogP contribution in [0.15, 0.2) is 0 Å². The molecule has 0 aromatic rings. The van der Waals surface area contributed by atoms with Gasteiger partial charge < -0.3 is 0 Å². The highest BCUT2D eigenvalue weighted by atomic mass is 14.0. The van der Waals surface area contributed by atoms with Gasteiger partial charge in [0.2, 0.25) is 0 Å². The average molecular weight is 88.2 g/mol. The maximum Gasteiger partial charge on any atom is 0.0267 e. The molecule has 0 spiro atoms. The Morgan fingerprint density at radius 2 is 1.67 bits per heavy atom. The van der Waals surface area contributed by atoms with Gasteiger partial charge >= 0.3 is 0 Å². The molecule has 0 radical (unpaired) electrons. The molecule has 1 saturated carbocycles. The van der Waals surface area contributed by atoms with Gasteiger partial charge in [0.1, 0.15) is 0 Å². The van der Waals surface area contributed by atoms with Gasteiger partial charge in [-0.05, 0) is 0 Å². The van der Waals surface area contributed by atoms with E-state index in [9.17, 15) is 0 Å². The summed E-state index contributed by atoms with van der Waals surface area (Å²) >= 11 is 0. The van der Waals surface area contributed by atoms with Gasteiger partial charge in [-0.2, -0.15) is 0 Å². The lowest BCUT2D eigenvalue weighted by Gasteiger charge is -2.05. The third kappa shape index (κ3) is 1.00. The Morgan fingerprint density at radius 1 is 1.00 bits per heavy atom. The minimum Gasteiger partial charge on any atom is -0.0533 e. The largest absolute Gasteiger partial charge is 0.0533 e. The molecule has 0 heteroatoms. The Kier molecular flexibility index (Phi) is 0.556. The van der Waals surface area contributed by atoms with E-state index in [1.807, 2.05) is 0 Å². The molecular formula is C6H12. The monoisotopic (exact) mass is 88.1 g/mol. The van der Waals surface area contributed by atoms with E-state index in [1.165, 1.54) is 0 Å². The molecule has 0 aliphatic heterocycles. The molecule has 36 valence electrons. The van der Waals surface area contributed by atoms with Crippen molar-refractivity contribution in [3.05, 3.63) is 0 Å². The van der Waals surface area contributed by atoms with Gasteiger partial charge in [0.15, 0.2) is 0 Å². The van der Waals surface area contributed by atoms with Crippen LogP contribution in [0.25, 0.3) is 0 Å². The molecule has 1 rings (SSSR count). The SMILES string of the molecule is [2H]C1CCCC([2H])C1([2H])[2H]. The first-order valence-corrected chi connectivity index (χ1v) is 2.39.